The smallest absolute Gasteiger partial charge is 0.415 e. The number of rotatable bonds is 11. The molecule has 0 spiro atoms. The molecule has 264 valence electrons. The summed E-state index contributed by atoms with van der Waals surface area (Å²) >= 11 is 1.72. The molecule has 0 atom stereocenters. The lowest BCUT2D eigenvalue weighted by atomic mass is 10.1. The van der Waals surface area contributed by atoms with E-state index in [1.165, 1.54) is 15.3 Å². The molecule has 2 amide bonds. The highest BCUT2D eigenvalue weighted by Crippen LogP contribution is 2.22. The predicted molar refractivity (Wildman–Crippen MR) is 186 cm³/mol. The highest BCUT2D eigenvalue weighted by molar-refractivity contribution is 7.99. The highest BCUT2D eigenvalue weighted by atomic mass is 32.2. The lowest BCUT2D eigenvalue weighted by Crippen LogP contribution is -2.43. The standard InChI is InChI=1S/C27H28N2O5S.C9H13N3O3/c30-26(31)19-21-6-10-22(11-7-21)33-24-12-16-29(17-13-24)27(32)34-23-8-4-20(5-9-23)14-18-35-25-3-1-2-15-28-25;13-9(14)11-6-2-8(3-7-11)15-12-5-1-4-10-12/h1-11,15,24H,12-14,16-19H2,(H,30,31);1,4-5,8H,2-3,6-7H2,(H,13,14). The van der Waals surface area contributed by atoms with Crippen LogP contribution in [0, 0.1) is 0 Å². The molecule has 13 nitrogen and oxygen atoms in total. The third kappa shape index (κ3) is 11.7. The Bertz CT molecular complexity index is 1630. The molecule has 2 N–H and O–H groups in total. The van der Waals surface area contributed by atoms with Crippen LogP contribution >= 0.6 is 11.8 Å². The van der Waals surface area contributed by atoms with E-state index in [4.69, 9.17) is 24.5 Å². The van der Waals surface area contributed by atoms with Crippen LogP contribution in [0.25, 0.3) is 0 Å². The number of benzene rings is 2. The van der Waals surface area contributed by atoms with Gasteiger partial charge >= 0.3 is 18.2 Å². The second kappa shape index (κ2) is 18.5. The Hall–Kier alpha value is -5.24. The molecule has 14 heteroatoms. The first-order chi connectivity index (χ1) is 24.3. The molecule has 0 bridgehead atoms. The number of thioether (sulfide) groups is 1. The number of piperidine rings is 2. The first-order valence-corrected chi connectivity index (χ1v) is 17.5. The van der Waals surface area contributed by atoms with E-state index >= 15 is 0 Å². The van der Waals surface area contributed by atoms with Gasteiger partial charge in [0.05, 0.1) is 23.8 Å². The third-order valence-electron chi connectivity index (χ3n) is 8.14. The number of amides is 2. The number of hydrogen-bond acceptors (Lipinski definition) is 9. The number of carbonyl (C=O) groups is 3. The zero-order chi connectivity index (χ0) is 35.1. The average Bonchev–Trinajstić information content (AvgIpc) is 3.64. The van der Waals surface area contributed by atoms with Crippen molar-refractivity contribution in [2.24, 2.45) is 0 Å². The van der Waals surface area contributed by atoms with E-state index in [2.05, 4.69) is 10.1 Å². The number of aromatic nitrogens is 3. The van der Waals surface area contributed by atoms with Crippen molar-refractivity contribution >= 4 is 29.9 Å². The number of carboxylic acid groups (broad SMARTS) is 2. The molecule has 2 aromatic carbocycles. The van der Waals surface area contributed by atoms with Gasteiger partial charge in [-0.15, -0.1) is 21.7 Å². The zero-order valence-corrected chi connectivity index (χ0v) is 28.4. The molecule has 2 aliphatic heterocycles. The molecular formula is C36H41N5O8S. The zero-order valence-electron chi connectivity index (χ0n) is 27.6. The first kappa shape index (κ1) is 36.1. The molecule has 0 aliphatic carbocycles. The van der Waals surface area contributed by atoms with Crippen molar-refractivity contribution < 1.29 is 38.9 Å². The second-order valence-electron chi connectivity index (χ2n) is 11.8. The molecule has 0 radical (unpaired) electrons. The number of ether oxygens (including phenoxy) is 2. The first-order valence-electron chi connectivity index (χ1n) is 16.5. The van der Waals surface area contributed by atoms with Crippen molar-refractivity contribution in [3.05, 3.63) is 103 Å². The predicted octanol–water partition coefficient (Wildman–Crippen LogP) is 5.54. The molecule has 2 saturated heterocycles. The maximum absolute atomic E-state index is 12.6. The van der Waals surface area contributed by atoms with Gasteiger partial charge in [0, 0.05) is 63.8 Å². The summed E-state index contributed by atoms with van der Waals surface area (Å²) in [6.07, 6.45) is 7.78. The Balaban J connectivity index is 0.000000269. The Morgan fingerprint density at radius 2 is 1.42 bits per heavy atom. The normalized spacial score (nSPS) is 15.0. The van der Waals surface area contributed by atoms with Gasteiger partial charge in [0.1, 0.15) is 23.7 Å². The molecular weight excluding hydrogens is 662 g/mol. The van der Waals surface area contributed by atoms with Crippen molar-refractivity contribution in [3.8, 4) is 11.5 Å². The topological polar surface area (TPSA) is 157 Å². The molecule has 2 aliphatic rings. The Morgan fingerprint density at radius 3 is 2.04 bits per heavy atom. The number of pyridine rings is 1. The third-order valence-corrected chi connectivity index (χ3v) is 9.08. The number of carboxylic acids is 1. The summed E-state index contributed by atoms with van der Waals surface area (Å²) < 4.78 is 11.6. The quantitative estimate of drug-likeness (QED) is 0.189. The van der Waals surface area contributed by atoms with Gasteiger partial charge in [-0.3, -0.25) is 4.79 Å². The van der Waals surface area contributed by atoms with Crippen molar-refractivity contribution in [2.45, 2.75) is 55.8 Å². The SMILES string of the molecule is O=C(O)Cc1ccc(OC2CCN(C(=O)Oc3ccc(CCSc4ccccn4)cc3)CC2)cc1.O=C(O)N1CCC(On2cccn2)CC1. The molecule has 4 heterocycles. The van der Waals surface area contributed by atoms with E-state index in [-0.39, 0.29) is 24.7 Å². The van der Waals surface area contributed by atoms with Crippen molar-refractivity contribution in [1.29, 1.82) is 0 Å². The molecule has 2 aromatic heterocycles. The molecule has 4 aromatic rings. The van der Waals surface area contributed by atoms with Gasteiger partial charge in [-0.05, 0) is 60.0 Å². The fraction of sp³-hybridized carbons (Fsp3) is 0.361. The number of aryl methyl sites for hydroxylation is 1. The number of hydrogen-bond donors (Lipinski definition) is 2. The van der Waals surface area contributed by atoms with E-state index in [0.29, 0.717) is 63.4 Å². The average molecular weight is 704 g/mol. The van der Waals surface area contributed by atoms with Gasteiger partial charge in [0.15, 0.2) is 0 Å². The van der Waals surface area contributed by atoms with Gasteiger partial charge < -0.3 is 34.3 Å². The summed E-state index contributed by atoms with van der Waals surface area (Å²) in [5, 5.41) is 22.6. The van der Waals surface area contributed by atoms with Crippen LogP contribution in [0.1, 0.15) is 36.8 Å². The van der Waals surface area contributed by atoms with E-state index in [1.807, 2.05) is 42.5 Å². The van der Waals surface area contributed by atoms with Gasteiger partial charge in [0.2, 0.25) is 0 Å². The van der Waals surface area contributed by atoms with E-state index in [9.17, 15) is 14.4 Å². The van der Waals surface area contributed by atoms with Crippen LogP contribution in [0.3, 0.4) is 0 Å². The molecule has 0 unspecified atom stereocenters. The van der Waals surface area contributed by atoms with Gasteiger partial charge in [-0.2, -0.15) is 0 Å². The van der Waals surface area contributed by atoms with Crippen LogP contribution in [0.4, 0.5) is 9.59 Å². The number of aliphatic carboxylic acids is 1. The lowest BCUT2D eigenvalue weighted by molar-refractivity contribution is -0.136. The minimum atomic E-state index is -0.857. The second-order valence-corrected chi connectivity index (χ2v) is 12.9. The molecule has 2 fully saturated rings. The van der Waals surface area contributed by atoms with Crippen LogP contribution < -0.4 is 14.3 Å². The fourth-order valence-corrected chi connectivity index (χ4v) is 6.28. The minimum Gasteiger partial charge on any atom is -0.490 e. The summed E-state index contributed by atoms with van der Waals surface area (Å²) in [7, 11) is 0. The summed E-state index contributed by atoms with van der Waals surface area (Å²) in [5.74, 6) is 1.32. The number of likely N-dealkylation sites (tertiary alicyclic amines) is 2. The van der Waals surface area contributed by atoms with Crippen molar-refractivity contribution in [1.82, 2.24) is 24.7 Å². The van der Waals surface area contributed by atoms with Crippen molar-refractivity contribution in [2.75, 3.05) is 31.9 Å². The van der Waals surface area contributed by atoms with Gasteiger partial charge in [-0.25, -0.2) is 14.6 Å². The maximum atomic E-state index is 12.6. The van der Waals surface area contributed by atoms with E-state index in [1.54, 1.807) is 65.6 Å². The molecule has 50 heavy (non-hydrogen) atoms. The summed E-state index contributed by atoms with van der Waals surface area (Å²) in [5.41, 5.74) is 1.92. The summed E-state index contributed by atoms with van der Waals surface area (Å²) in [6.45, 7) is 2.18. The maximum Gasteiger partial charge on any atom is 0.415 e. The van der Waals surface area contributed by atoms with Crippen LogP contribution in [0.15, 0.2) is 96.4 Å². The lowest BCUT2D eigenvalue weighted by Gasteiger charge is -2.31. The largest absolute Gasteiger partial charge is 0.490 e. The van der Waals surface area contributed by atoms with E-state index in [0.717, 1.165) is 22.8 Å². The van der Waals surface area contributed by atoms with Crippen LogP contribution in [0.2, 0.25) is 0 Å². The summed E-state index contributed by atoms with van der Waals surface area (Å²) in [6, 6.07) is 22.4. The fourth-order valence-electron chi connectivity index (χ4n) is 5.43. The Labute approximate surface area is 294 Å². The van der Waals surface area contributed by atoms with Crippen molar-refractivity contribution in [3.63, 3.8) is 0 Å². The Morgan fingerprint density at radius 1 is 0.760 bits per heavy atom. The van der Waals surface area contributed by atoms with Gasteiger partial charge in [0.25, 0.3) is 0 Å². The number of nitrogens with zero attached hydrogens (tertiary/aromatic N) is 5. The minimum absolute atomic E-state index is 0.00541. The Kier molecular flexibility index (Phi) is 13.3. The monoisotopic (exact) mass is 703 g/mol. The van der Waals surface area contributed by atoms with Crippen LogP contribution in [0.5, 0.6) is 11.5 Å². The van der Waals surface area contributed by atoms with Crippen LogP contribution in [-0.4, -0.2) is 97.2 Å². The molecule has 0 saturated carbocycles. The number of carbonyl (C=O) groups excluding carboxylic acids is 1. The van der Waals surface area contributed by atoms with Gasteiger partial charge in [-0.1, -0.05) is 30.3 Å². The molecule has 6 rings (SSSR count). The van der Waals surface area contributed by atoms with E-state index < -0.39 is 12.1 Å². The highest BCUT2D eigenvalue weighted by Gasteiger charge is 2.26. The van der Waals surface area contributed by atoms with Crippen LogP contribution in [-0.2, 0) is 17.6 Å². The summed E-state index contributed by atoms with van der Waals surface area (Å²) in [4.78, 5) is 48.4.